The van der Waals surface area contributed by atoms with Crippen LogP contribution in [0.15, 0.2) is 55.1 Å². The number of nitriles is 1. The fourth-order valence-corrected chi connectivity index (χ4v) is 7.07. The van der Waals surface area contributed by atoms with Crippen molar-refractivity contribution in [2.24, 2.45) is 0 Å². The van der Waals surface area contributed by atoms with Crippen LogP contribution in [-0.4, -0.2) is 148 Å². The summed E-state index contributed by atoms with van der Waals surface area (Å²) in [6, 6.07) is 10.1. The van der Waals surface area contributed by atoms with Crippen LogP contribution >= 0.6 is 0 Å². The predicted octanol–water partition coefficient (Wildman–Crippen LogP) is 2.12. The van der Waals surface area contributed by atoms with Crippen molar-refractivity contribution in [3.05, 3.63) is 71.8 Å². The number of carbonyl (C=O) groups excluding carboxylic acids is 4. The lowest BCUT2D eigenvalue weighted by atomic mass is 10.0. The van der Waals surface area contributed by atoms with Crippen molar-refractivity contribution in [1.82, 2.24) is 45.0 Å². The number of amides is 4. The van der Waals surface area contributed by atoms with Crippen LogP contribution in [0.5, 0.6) is 0 Å². The Hall–Kier alpha value is -6.70. The molecule has 1 aromatic carbocycles. The second kappa shape index (κ2) is 20.4. The zero-order valence-corrected chi connectivity index (χ0v) is 34.4. The normalized spacial score (nSPS) is 16.1. The molecule has 328 valence electrons. The van der Waals surface area contributed by atoms with E-state index in [1.807, 2.05) is 12.3 Å². The van der Waals surface area contributed by atoms with Crippen molar-refractivity contribution in [3.63, 3.8) is 0 Å². The lowest BCUT2D eigenvalue weighted by molar-refractivity contribution is -0.136. The lowest BCUT2D eigenvalue weighted by Gasteiger charge is -2.27. The van der Waals surface area contributed by atoms with E-state index in [0.29, 0.717) is 114 Å². The molecule has 63 heavy (non-hydrogen) atoms. The van der Waals surface area contributed by atoms with Gasteiger partial charge in [-0.25, -0.2) is 14.6 Å². The van der Waals surface area contributed by atoms with E-state index < -0.39 is 29.7 Å². The van der Waals surface area contributed by atoms with Crippen LogP contribution in [0.2, 0.25) is 0 Å². The molecule has 0 spiro atoms. The van der Waals surface area contributed by atoms with Crippen LogP contribution in [0.4, 0.5) is 11.4 Å². The van der Waals surface area contributed by atoms with Crippen molar-refractivity contribution in [3.8, 4) is 23.1 Å². The second-order valence-electron chi connectivity index (χ2n) is 14.8. The molecule has 8 rings (SSSR count). The number of hydrogen-bond acceptors (Lipinski definition) is 17. The lowest BCUT2D eigenvalue weighted by Crippen LogP contribution is -2.54. The average molecular weight is 863 g/mol. The Bertz CT molecular complexity index is 2500. The first-order valence-corrected chi connectivity index (χ1v) is 20.8. The summed E-state index contributed by atoms with van der Waals surface area (Å²) in [6.07, 6.45) is 9.16. The van der Waals surface area contributed by atoms with Gasteiger partial charge in [-0.2, -0.15) is 15.0 Å². The van der Waals surface area contributed by atoms with Crippen molar-refractivity contribution in [2.45, 2.75) is 44.3 Å². The molecule has 2 fully saturated rings. The summed E-state index contributed by atoms with van der Waals surface area (Å²) in [5, 5.41) is 32.0. The molecule has 6 heterocycles. The maximum absolute atomic E-state index is 13.2. The molecule has 21 nitrogen and oxygen atoms in total. The largest absolute Gasteiger partial charge is 0.382 e. The zero-order valence-electron chi connectivity index (χ0n) is 34.4. The minimum atomic E-state index is -1.02. The topological polar surface area (TPSA) is 252 Å². The number of pyridine rings is 2. The number of anilines is 2. The number of nitrogens with zero attached hydrogens (tertiary/aromatic N) is 9. The number of imide groups is 2. The SMILES string of the molecule is N#Cc1cnc2c(cnn2-c2cc(NC3CC3)c(-c3cn(CCOCCOCCOCCOCCOCCNc4cccc5c4C(=O)N(C4CCC(=O)NC4=O)C5=O)nn3)cn2)c1. The molecular formula is C42H46N12O9. The van der Waals surface area contributed by atoms with Crippen LogP contribution in [0.1, 0.15) is 52.0 Å². The predicted molar refractivity (Wildman–Crippen MR) is 223 cm³/mol. The molecule has 1 aliphatic carbocycles. The molecule has 1 unspecified atom stereocenters. The van der Waals surface area contributed by atoms with E-state index in [0.717, 1.165) is 34.4 Å². The van der Waals surface area contributed by atoms with E-state index in [-0.39, 0.29) is 24.0 Å². The fraction of sp³-hybridized carbons (Fsp3) is 0.429. The van der Waals surface area contributed by atoms with Gasteiger partial charge in [0.05, 0.1) is 102 Å². The highest BCUT2D eigenvalue weighted by Gasteiger charge is 2.45. The van der Waals surface area contributed by atoms with E-state index in [9.17, 15) is 24.4 Å². The van der Waals surface area contributed by atoms with Crippen LogP contribution in [0, 0.1) is 11.3 Å². The first kappa shape index (κ1) is 43.0. The highest BCUT2D eigenvalue weighted by atomic mass is 16.6. The minimum Gasteiger partial charge on any atom is -0.382 e. The highest BCUT2D eigenvalue weighted by molar-refractivity contribution is 6.25. The van der Waals surface area contributed by atoms with Gasteiger partial charge >= 0.3 is 0 Å². The van der Waals surface area contributed by atoms with Gasteiger partial charge in [0.1, 0.15) is 17.8 Å². The van der Waals surface area contributed by atoms with Gasteiger partial charge in [-0.05, 0) is 37.5 Å². The summed E-state index contributed by atoms with van der Waals surface area (Å²) in [7, 11) is 0. The first-order valence-electron chi connectivity index (χ1n) is 20.8. The van der Waals surface area contributed by atoms with E-state index in [2.05, 4.69) is 47.4 Å². The Morgan fingerprint density at radius 1 is 0.794 bits per heavy atom. The van der Waals surface area contributed by atoms with Crippen molar-refractivity contribution in [2.75, 3.05) is 83.2 Å². The average Bonchev–Trinajstić information content (AvgIpc) is 3.69. The Labute approximate surface area is 361 Å². The molecule has 3 N–H and O–H groups in total. The Morgan fingerprint density at radius 2 is 1.52 bits per heavy atom. The van der Waals surface area contributed by atoms with Gasteiger partial charge in [0.2, 0.25) is 11.8 Å². The number of rotatable bonds is 24. The zero-order chi connectivity index (χ0) is 43.5. The van der Waals surface area contributed by atoms with Crippen LogP contribution in [0.25, 0.3) is 28.1 Å². The van der Waals surface area contributed by atoms with Gasteiger partial charge in [0.25, 0.3) is 11.8 Å². The van der Waals surface area contributed by atoms with E-state index >= 15 is 0 Å². The number of nitrogens with one attached hydrogen (secondary N) is 3. The summed E-state index contributed by atoms with van der Waals surface area (Å²) in [5.74, 6) is -1.59. The molecule has 3 aliphatic rings. The van der Waals surface area contributed by atoms with Gasteiger partial charge in [0.15, 0.2) is 11.5 Å². The molecular weight excluding hydrogens is 817 g/mol. The first-order chi connectivity index (χ1) is 30.9. The number of aromatic nitrogens is 7. The third kappa shape index (κ3) is 10.5. The number of fused-ring (bicyclic) bond motifs is 2. The number of benzene rings is 1. The molecule has 1 saturated carbocycles. The summed E-state index contributed by atoms with van der Waals surface area (Å²) < 4.78 is 31.5. The molecule has 4 amide bonds. The number of ether oxygens (including phenoxy) is 5. The maximum Gasteiger partial charge on any atom is 0.264 e. The molecule has 1 saturated heterocycles. The third-order valence-electron chi connectivity index (χ3n) is 10.4. The smallest absolute Gasteiger partial charge is 0.264 e. The number of piperidine rings is 1. The number of hydrogen-bond donors (Lipinski definition) is 3. The molecule has 21 heteroatoms. The van der Waals surface area contributed by atoms with E-state index in [1.165, 1.54) is 6.20 Å². The van der Waals surface area contributed by atoms with Gasteiger partial charge in [0, 0.05) is 59.8 Å². The van der Waals surface area contributed by atoms with Crippen LogP contribution < -0.4 is 16.0 Å². The molecule has 2 aliphatic heterocycles. The molecule has 0 bridgehead atoms. The Balaban J connectivity index is 0.647. The van der Waals surface area contributed by atoms with Crippen molar-refractivity contribution < 1.29 is 42.9 Å². The van der Waals surface area contributed by atoms with E-state index in [1.54, 1.807) is 46.0 Å². The monoisotopic (exact) mass is 862 g/mol. The molecule has 0 radical (unpaired) electrons. The van der Waals surface area contributed by atoms with Gasteiger partial charge in [-0.3, -0.25) is 29.4 Å². The fourth-order valence-electron chi connectivity index (χ4n) is 7.07. The maximum atomic E-state index is 13.2. The summed E-state index contributed by atoms with van der Waals surface area (Å²) in [4.78, 5) is 60.1. The highest BCUT2D eigenvalue weighted by Crippen LogP contribution is 2.34. The summed E-state index contributed by atoms with van der Waals surface area (Å²) >= 11 is 0. The van der Waals surface area contributed by atoms with Crippen LogP contribution in [0.3, 0.4) is 0 Å². The van der Waals surface area contributed by atoms with Gasteiger partial charge < -0.3 is 34.3 Å². The minimum absolute atomic E-state index is 0.0596. The third-order valence-corrected chi connectivity index (χ3v) is 10.4. The molecule has 1 atom stereocenters. The van der Waals surface area contributed by atoms with E-state index in [4.69, 9.17) is 23.7 Å². The summed E-state index contributed by atoms with van der Waals surface area (Å²) in [6.45, 7) is 4.88. The summed E-state index contributed by atoms with van der Waals surface area (Å²) in [5.41, 5.74) is 4.36. The molecule has 4 aromatic heterocycles. The van der Waals surface area contributed by atoms with Crippen molar-refractivity contribution >= 4 is 46.0 Å². The van der Waals surface area contributed by atoms with Gasteiger partial charge in [-0.15, -0.1) is 5.10 Å². The Kier molecular flexibility index (Phi) is 13.9. The van der Waals surface area contributed by atoms with Crippen LogP contribution in [-0.2, 0) is 39.8 Å². The Morgan fingerprint density at radius 3 is 2.24 bits per heavy atom. The second-order valence-corrected chi connectivity index (χ2v) is 14.8. The standard InChI is InChI=1S/C42H46N12O9/c43-22-27-20-28-24-47-54(39(28)46-23-27)36-21-33(48-29-4-5-29)31(25-45-36)34-26-52(51-50-34)9-11-60-13-15-62-17-19-63-18-16-61-14-12-59-10-8-44-32-3-1-2-30-38(32)42(58)53(41(30)57)35-6-7-37(55)49-40(35)56/h1-3,20-21,23-26,29,35,44H,4-19H2,(H,45,48)(H,49,55,56). The quantitative estimate of drug-likeness (QED) is 0.0593. The van der Waals surface area contributed by atoms with Crippen molar-refractivity contribution in [1.29, 1.82) is 5.26 Å². The van der Waals surface area contributed by atoms with Gasteiger partial charge in [-0.1, -0.05) is 11.3 Å². The number of carbonyl (C=O) groups is 4. The molecule has 5 aromatic rings.